The Kier molecular flexibility index (Phi) is 4.62. The largest absolute Gasteiger partial charge is 0.378 e. The lowest BCUT2D eigenvalue weighted by Crippen LogP contribution is -2.22. The highest BCUT2D eigenvalue weighted by atomic mass is 32.2. The number of hydrogen-bond donors (Lipinski definition) is 2. The monoisotopic (exact) mass is 291 g/mol. The fraction of sp³-hybridized carbons (Fsp3) is 0.308. The van der Waals surface area contributed by atoms with Crippen LogP contribution in [0.25, 0.3) is 0 Å². The summed E-state index contributed by atoms with van der Waals surface area (Å²) in [6.45, 7) is 1.83. The number of thioether (sulfide) groups is 1. The van der Waals surface area contributed by atoms with Gasteiger partial charge in [-0.1, -0.05) is 11.8 Å². The minimum atomic E-state index is -0.253. The predicted octanol–water partition coefficient (Wildman–Crippen LogP) is 1.99. The lowest BCUT2D eigenvalue weighted by Gasteiger charge is -2.14. The van der Waals surface area contributed by atoms with Gasteiger partial charge in [0.15, 0.2) is 5.16 Å². The molecule has 0 aliphatic rings. The van der Waals surface area contributed by atoms with Gasteiger partial charge in [-0.15, -0.1) is 0 Å². The summed E-state index contributed by atoms with van der Waals surface area (Å²) in [7, 11) is 3.95. The Balaban J connectivity index is 1.93. The second-order valence-corrected chi connectivity index (χ2v) is 5.81. The summed E-state index contributed by atoms with van der Waals surface area (Å²) in [5, 5.41) is 9.74. The number of aromatic nitrogens is 3. The third-order valence-corrected chi connectivity index (χ3v) is 3.69. The summed E-state index contributed by atoms with van der Waals surface area (Å²) in [6, 6.07) is 7.70. The molecule has 1 amide bonds. The Morgan fingerprint density at radius 2 is 2.05 bits per heavy atom. The maximum absolute atomic E-state index is 12.1. The summed E-state index contributed by atoms with van der Waals surface area (Å²) in [6.07, 6.45) is 1.42. The van der Waals surface area contributed by atoms with Gasteiger partial charge >= 0.3 is 0 Å². The van der Waals surface area contributed by atoms with E-state index in [2.05, 4.69) is 20.5 Å². The molecule has 0 fully saturated rings. The highest BCUT2D eigenvalue weighted by molar-refractivity contribution is 8.00. The first-order valence-corrected chi connectivity index (χ1v) is 7.04. The maximum atomic E-state index is 12.1. The van der Waals surface area contributed by atoms with E-state index >= 15 is 0 Å². The first-order chi connectivity index (χ1) is 9.56. The molecule has 1 aromatic carbocycles. The van der Waals surface area contributed by atoms with E-state index in [-0.39, 0.29) is 11.2 Å². The second-order valence-electron chi connectivity index (χ2n) is 4.48. The van der Waals surface area contributed by atoms with E-state index in [1.165, 1.54) is 18.1 Å². The van der Waals surface area contributed by atoms with Crippen LogP contribution < -0.4 is 10.2 Å². The fourth-order valence-corrected chi connectivity index (χ4v) is 2.27. The first-order valence-electron chi connectivity index (χ1n) is 6.16. The number of benzene rings is 1. The molecule has 106 valence electrons. The van der Waals surface area contributed by atoms with Gasteiger partial charge in [-0.3, -0.25) is 9.89 Å². The number of carbonyl (C=O) groups is 1. The highest BCUT2D eigenvalue weighted by Crippen LogP contribution is 2.21. The van der Waals surface area contributed by atoms with Crippen molar-refractivity contribution in [3.63, 3.8) is 0 Å². The summed E-state index contributed by atoms with van der Waals surface area (Å²) >= 11 is 1.34. The fourth-order valence-electron chi connectivity index (χ4n) is 1.56. The quantitative estimate of drug-likeness (QED) is 0.824. The Bertz CT molecular complexity index is 553. The lowest BCUT2D eigenvalue weighted by molar-refractivity contribution is -0.115. The van der Waals surface area contributed by atoms with E-state index in [0.29, 0.717) is 5.16 Å². The van der Waals surface area contributed by atoms with Crippen molar-refractivity contribution in [3.05, 3.63) is 30.6 Å². The molecule has 1 aromatic heterocycles. The molecule has 0 bridgehead atoms. The van der Waals surface area contributed by atoms with Crippen LogP contribution in [0.1, 0.15) is 6.92 Å². The molecule has 0 spiro atoms. The molecule has 0 saturated heterocycles. The normalized spacial score (nSPS) is 11.9. The summed E-state index contributed by atoms with van der Waals surface area (Å²) < 4.78 is 0. The van der Waals surface area contributed by atoms with Crippen LogP contribution in [0, 0.1) is 0 Å². The van der Waals surface area contributed by atoms with Crippen LogP contribution in [-0.2, 0) is 4.79 Å². The van der Waals surface area contributed by atoms with E-state index in [9.17, 15) is 4.79 Å². The van der Waals surface area contributed by atoms with E-state index in [1.54, 1.807) is 0 Å². The van der Waals surface area contributed by atoms with Gasteiger partial charge < -0.3 is 10.2 Å². The van der Waals surface area contributed by atoms with Crippen molar-refractivity contribution in [1.29, 1.82) is 0 Å². The second kappa shape index (κ2) is 6.42. The molecule has 0 aliphatic heterocycles. The van der Waals surface area contributed by atoms with Crippen molar-refractivity contribution in [1.82, 2.24) is 15.2 Å². The number of carbonyl (C=O) groups excluding carboxylic acids is 1. The van der Waals surface area contributed by atoms with Gasteiger partial charge in [-0.25, -0.2) is 4.98 Å². The number of aromatic amines is 1. The van der Waals surface area contributed by atoms with E-state index in [4.69, 9.17) is 0 Å². The van der Waals surface area contributed by atoms with Gasteiger partial charge in [0.2, 0.25) is 5.91 Å². The zero-order valence-electron chi connectivity index (χ0n) is 11.6. The van der Waals surface area contributed by atoms with Gasteiger partial charge in [0.1, 0.15) is 6.33 Å². The van der Waals surface area contributed by atoms with Crippen LogP contribution in [0.4, 0.5) is 11.4 Å². The Morgan fingerprint density at radius 1 is 1.35 bits per heavy atom. The Hall–Kier alpha value is -2.02. The van der Waals surface area contributed by atoms with Crippen molar-refractivity contribution in [2.45, 2.75) is 17.3 Å². The Morgan fingerprint density at radius 3 is 2.60 bits per heavy atom. The molecule has 0 unspecified atom stereocenters. The molecule has 7 heteroatoms. The molecule has 20 heavy (non-hydrogen) atoms. The van der Waals surface area contributed by atoms with Gasteiger partial charge in [0.05, 0.1) is 5.25 Å². The standard InChI is InChI=1S/C13H17N5OS/c1-9(20-13-14-8-15-17-13)12(19)16-10-4-6-11(7-5-10)18(2)3/h4-9H,1-3H3,(H,16,19)(H,14,15,17)/t9-/m1/s1. The highest BCUT2D eigenvalue weighted by Gasteiger charge is 2.15. The molecule has 2 N–H and O–H groups in total. The number of anilines is 2. The third-order valence-electron chi connectivity index (χ3n) is 2.70. The average Bonchev–Trinajstić information content (AvgIpc) is 2.92. The number of nitrogens with zero attached hydrogens (tertiary/aromatic N) is 3. The van der Waals surface area contributed by atoms with Crippen molar-refractivity contribution < 1.29 is 4.79 Å². The number of amides is 1. The summed E-state index contributed by atoms with van der Waals surface area (Å²) in [4.78, 5) is 18.0. The molecule has 0 radical (unpaired) electrons. The topological polar surface area (TPSA) is 73.9 Å². The molecular formula is C13H17N5OS. The first kappa shape index (κ1) is 14.4. The predicted molar refractivity (Wildman–Crippen MR) is 81.1 cm³/mol. The van der Waals surface area contributed by atoms with Crippen LogP contribution in [0.2, 0.25) is 0 Å². The minimum Gasteiger partial charge on any atom is -0.378 e. The van der Waals surface area contributed by atoms with Crippen molar-refractivity contribution in [2.24, 2.45) is 0 Å². The zero-order valence-corrected chi connectivity index (χ0v) is 12.4. The van der Waals surface area contributed by atoms with Gasteiger partial charge in [0, 0.05) is 25.5 Å². The van der Waals surface area contributed by atoms with Gasteiger partial charge in [-0.2, -0.15) is 5.10 Å². The number of hydrogen-bond acceptors (Lipinski definition) is 5. The SMILES string of the molecule is C[C@@H](Sc1ncn[nH]1)C(=O)Nc1ccc(N(C)C)cc1. The van der Waals surface area contributed by atoms with E-state index < -0.39 is 0 Å². The van der Waals surface area contributed by atoms with E-state index in [1.807, 2.05) is 50.2 Å². The van der Waals surface area contributed by atoms with Crippen LogP contribution in [0.5, 0.6) is 0 Å². The number of H-pyrrole nitrogens is 1. The molecule has 0 saturated carbocycles. The van der Waals surface area contributed by atoms with Crippen molar-refractivity contribution in [2.75, 3.05) is 24.3 Å². The van der Waals surface area contributed by atoms with Crippen LogP contribution in [0.3, 0.4) is 0 Å². The van der Waals surface area contributed by atoms with Crippen molar-refractivity contribution in [3.8, 4) is 0 Å². The molecule has 6 nitrogen and oxygen atoms in total. The molecule has 2 rings (SSSR count). The molecule has 2 aromatic rings. The van der Waals surface area contributed by atoms with Crippen LogP contribution in [-0.4, -0.2) is 40.4 Å². The smallest absolute Gasteiger partial charge is 0.237 e. The van der Waals surface area contributed by atoms with Crippen LogP contribution >= 0.6 is 11.8 Å². The van der Waals surface area contributed by atoms with Gasteiger partial charge in [-0.05, 0) is 31.2 Å². The van der Waals surface area contributed by atoms with Gasteiger partial charge in [0.25, 0.3) is 0 Å². The molecule has 0 aliphatic carbocycles. The maximum Gasteiger partial charge on any atom is 0.237 e. The van der Waals surface area contributed by atoms with Crippen molar-refractivity contribution >= 4 is 29.0 Å². The Labute approximate surface area is 122 Å². The zero-order chi connectivity index (χ0) is 14.5. The summed E-state index contributed by atoms with van der Waals surface area (Å²) in [5.74, 6) is -0.0657. The lowest BCUT2D eigenvalue weighted by atomic mass is 10.2. The molecular weight excluding hydrogens is 274 g/mol. The number of nitrogens with one attached hydrogen (secondary N) is 2. The van der Waals surface area contributed by atoms with Crippen LogP contribution in [0.15, 0.2) is 35.7 Å². The molecule has 1 atom stereocenters. The average molecular weight is 291 g/mol. The molecule has 1 heterocycles. The third kappa shape index (κ3) is 3.74. The summed E-state index contributed by atoms with van der Waals surface area (Å²) in [5.41, 5.74) is 1.87. The van der Waals surface area contributed by atoms with E-state index in [0.717, 1.165) is 11.4 Å². The number of rotatable bonds is 5. The minimum absolute atomic E-state index is 0.0657.